The van der Waals surface area contributed by atoms with E-state index in [1.54, 1.807) is 0 Å². The first kappa shape index (κ1) is 26.6. The number of fused-ring (bicyclic) bond motifs is 1. The maximum Gasteiger partial charge on any atom is 0.325 e. The maximum absolute atomic E-state index is 14.5. The summed E-state index contributed by atoms with van der Waals surface area (Å²) >= 11 is 0.835. The van der Waals surface area contributed by atoms with Crippen LogP contribution in [0.25, 0.3) is 10.2 Å². The van der Waals surface area contributed by atoms with Gasteiger partial charge in [0.2, 0.25) is 10.0 Å². The number of carbonyl (C=O) groups is 2. The lowest BCUT2D eigenvalue weighted by molar-refractivity contribution is -0.141. The Morgan fingerprint density at radius 2 is 1.71 bits per heavy atom. The summed E-state index contributed by atoms with van der Waals surface area (Å²) in [5, 5.41) is 0. The Morgan fingerprint density at radius 3 is 2.29 bits per heavy atom. The van der Waals surface area contributed by atoms with Gasteiger partial charge in [0.15, 0.2) is 10.6 Å². The van der Waals surface area contributed by atoms with E-state index in [1.165, 1.54) is 28.6 Å². The summed E-state index contributed by atoms with van der Waals surface area (Å²) in [6, 6.07) is 7.10. The molecule has 3 rings (SSSR count). The van der Waals surface area contributed by atoms with Gasteiger partial charge >= 0.3 is 5.97 Å². The van der Waals surface area contributed by atoms with Gasteiger partial charge in [-0.05, 0) is 43.2 Å². The van der Waals surface area contributed by atoms with E-state index in [2.05, 4.69) is 9.73 Å². The average Bonchev–Trinajstić information content (AvgIpc) is 3.15. The van der Waals surface area contributed by atoms with Gasteiger partial charge < -0.3 is 9.30 Å². The van der Waals surface area contributed by atoms with Crippen molar-refractivity contribution in [3.8, 4) is 0 Å². The average molecular weight is 526 g/mol. The lowest BCUT2D eigenvalue weighted by Gasteiger charge is -2.21. The molecule has 1 heterocycles. The third-order valence-corrected chi connectivity index (χ3v) is 8.03. The van der Waals surface area contributed by atoms with Crippen molar-refractivity contribution in [1.82, 2.24) is 8.87 Å². The number of rotatable bonds is 9. The fourth-order valence-electron chi connectivity index (χ4n) is 3.48. The Labute approximate surface area is 205 Å². The molecule has 8 nitrogen and oxygen atoms in total. The molecule has 1 amide bonds. The smallest absolute Gasteiger partial charge is 0.325 e. The van der Waals surface area contributed by atoms with Crippen LogP contribution in [0.2, 0.25) is 0 Å². The topological polar surface area (TPSA) is 98.0 Å². The third-order valence-electron chi connectivity index (χ3n) is 5.09. The van der Waals surface area contributed by atoms with Crippen molar-refractivity contribution in [2.45, 2.75) is 38.1 Å². The predicted molar refractivity (Wildman–Crippen MR) is 127 cm³/mol. The molecule has 188 valence electrons. The van der Waals surface area contributed by atoms with Crippen LogP contribution in [0.3, 0.4) is 0 Å². The number of benzene rings is 2. The number of aromatic nitrogens is 1. The highest BCUT2D eigenvalue weighted by Crippen LogP contribution is 2.23. The number of ether oxygens (including phenoxy) is 1. The molecule has 0 N–H and O–H groups in total. The van der Waals surface area contributed by atoms with Crippen LogP contribution in [0.15, 0.2) is 46.3 Å². The number of hydrogen-bond acceptors (Lipinski definition) is 6. The largest absolute Gasteiger partial charge is 0.468 e. The van der Waals surface area contributed by atoms with E-state index in [-0.39, 0.29) is 25.5 Å². The van der Waals surface area contributed by atoms with Crippen LogP contribution in [0.4, 0.5) is 8.78 Å². The lowest BCUT2D eigenvalue weighted by atomic mass is 10.2. The highest BCUT2D eigenvalue weighted by Gasteiger charge is 2.23. The minimum absolute atomic E-state index is 0.0336. The molecule has 0 aliphatic rings. The monoisotopic (exact) mass is 525 g/mol. The summed E-state index contributed by atoms with van der Waals surface area (Å²) in [4.78, 5) is 28.7. The number of hydrogen-bond donors (Lipinski definition) is 0. The fraction of sp³-hybridized carbons (Fsp3) is 0.348. The van der Waals surface area contributed by atoms with Gasteiger partial charge in [-0.25, -0.2) is 17.2 Å². The number of nitrogens with zero attached hydrogens (tertiary/aromatic N) is 3. The van der Waals surface area contributed by atoms with Gasteiger partial charge in [0, 0.05) is 24.7 Å². The number of methoxy groups -OCH3 is 1. The number of esters is 1. The maximum atomic E-state index is 14.5. The first-order chi connectivity index (χ1) is 16.6. The standard InChI is InChI=1S/C23H25F2N3O5S2/c1-4-10-27(11-5-2)35(31,32)17-8-6-15(7-9-17)22(30)26-23-28(14-20(29)33-3)21-18(25)12-16(24)13-19(21)34-23/h6-9,12-13H,4-5,10-11,14H2,1-3H3. The minimum atomic E-state index is -3.72. The second-order valence-corrected chi connectivity index (χ2v) is 10.6. The van der Waals surface area contributed by atoms with Gasteiger partial charge in [-0.2, -0.15) is 9.30 Å². The van der Waals surface area contributed by atoms with Gasteiger partial charge in [0.05, 0.1) is 22.2 Å². The second kappa shape index (κ2) is 11.2. The molecule has 0 unspecified atom stereocenters. The van der Waals surface area contributed by atoms with Crippen molar-refractivity contribution in [1.29, 1.82) is 0 Å². The zero-order chi connectivity index (χ0) is 25.8. The summed E-state index contributed by atoms with van der Waals surface area (Å²) in [5.74, 6) is -3.16. The van der Waals surface area contributed by atoms with E-state index in [1.807, 2.05) is 13.8 Å². The van der Waals surface area contributed by atoms with Gasteiger partial charge in [-0.3, -0.25) is 9.59 Å². The quantitative estimate of drug-likeness (QED) is 0.397. The van der Waals surface area contributed by atoms with E-state index < -0.39 is 40.1 Å². The lowest BCUT2D eigenvalue weighted by Crippen LogP contribution is -2.32. The molecule has 3 aromatic rings. The van der Waals surface area contributed by atoms with Crippen LogP contribution in [0.1, 0.15) is 37.0 Å². The number of amides is 1. The Bertz CT molecular complexity index is 1410. The fourth-order valence-corrected chi connectivity index (χ4v) is 6.17. The van der Waals surface area contributed by atoms with Crippen LogP contribution < -0.4 is 4.80 Å². The Hall–Kier alpha value is -2.96. The van der Waals surface area contributed by atoms with E-state index in [0.29, 0.717) is 32.0 Å². The Morgan fingerprint density at radius 1 is 1.09 bits per heavy atom. The minimum Gasteiger partial charge on any atom is -0.468 e. The first-order valence-corrected chi connectivity index (χ1v) is 13.1. The Kier molecular flexibility index (Phi) is 8.51. The van der Waals surface area contributed by atoms with E-state index in [9.17, 15) is 26.8 Å². The Balaban J connectivity index is 2.01. The molecule has 0 aliphatic carbocycles. The van der Waals surface area contributed by atoms with Crippen molar-refractivity contribution in [2.75, 3.05) is 20.2 Å². The van der Waals surface area contributed by atoms with Crippen LogP contribution in [0.5, 0.6) is 0 Å². The highest BCUT2D eigenvalue weighted by atomic mass is 32.2. The third kappa shape index (κ3) is 5.82. The predicted octanol–water partition coefficient (Wildman–Crippen LogP) is 3.71. The van der Waals surface area contributed by atoms with Crippen LogP contribution in [-0.4, -0.2) is 49.4 Å². The van der Waals surface area contributed by atoms with Crippen LogP contribution in [-0.2, 0) is 26.1 Å². The molecule has 0 aliphatic heterocycles. The molecule has 35 heavy (non-hydrogen) atoms. The van der Waals surface area contributed by atoms with Gasteiger partial charge in [-0.1, -0.05) is 25.2 Å². The van der Waals surface area contributed by atoms with Crippen molar-refractivity contribution < 1.29 is 31.5 Å². The van der Waals surface area contributed by atoms with E-state index in [4.69, 9.17) is 0 Å². The number of carbonyl (C=O) groups excluding carboxylic acids is 2. The number of thiazole rings is 1. The summed E-state index contributed by atoms with van der Waals surface area (Å²) in [5.41, 5.74) is 0.0111. The molecule has 0 spiro atoms. The van der Waals surface area contributed by atoms with E-state index in [0.717, 1.165) is 29.1 Å². The molecule has 12 heteroatoms. The molecular weight excluding hydrogens is 500 g/mol. The number of sulfonamides is 1. The van der Waals surface area contributed by atoms with Crippen molar-refractivity contribution in [3.63, 3.8) is 0 Å². The van der Waals surface area contributed by atoms with Gasteiger partial charge in [-0.15, -0.1) is 0 Å². The highest BCUT2D eigenvalue weighted by molar-refractivity contribution is 7.89. The molecule has 0 saturated carbocycles. The van der Waals surface area contributed by atoms with Gasteiger partial charge in [0.1, 0.15) is 12.4 Å². The summed E-state index contributed by atoms with van der Waals surface area (Å²) < 4.78 is 61.4. The summed E-state index contributed by atoms with van der Waals surface area (Å²) in [6.07, 6.45) is 1.33. The molecule has 0 saturated heterocycles. The van der Waals surface area contributed by atoms with Crippen LogP contribution >= 0.6 is 11.3 Å². The van der Waals surface area contributed by atoms with Crippen molar-refractivity contribution in [2.24, 2.45) is 4.99 Å². The van der Waals surface area contributed by atoms with Crippen LogP contribution in [0, 0.1) is 11.6 Å². The molecule has 2 aromatic carbocycles. The second-order valence-electron chi connectivity index (χ2n) is 7.63. The molecule has 0 radical (unpaired) electrons. The molecule has 0 fully saturated rings. The van der Waals surface area contributed by atoms with Crippen molar-refractivity contribution in [3.05, 3.63) is 58.4 Å². The first-order valence-electron chi connectivity index (χ1n) is 10.9. The number of halogens is 2. The molecule has 1 aromatic heterocycles. The normalized spacial score (nSPS) is 12.5. The SMILES string of the molecule is CCCN(CCC)S(=O)(=O)c1ccc(C(=O)N=c2sc3cc(F)cc(F)c3n2CC(=O)OC)cc1. The van der Waals surface area contributed by atoms with Gasteiger partial charge in [0.25, 0.3) is 5.91 Å². The summed E-state index contributed by atoms with van der Waals surface area (Å²) in [6.45, 7) is 4.11. The zero-order valence-corrected chi connectivity index (χ0v) is 21.1. The van der Waals surface area contributed by atoms with Crippen molar-refractivity contribution >= 4 is 43.5 Å². The molecule has 0 bridgehead atoms. The summed E-state index contributed by atoms with van der Waals surface area (Å²) in [7, 11) is -2.56. The zero-order valence-electron chi connectivity index (χ0n) is 19.5. The van der Waals surface area contributed by atoms with E-state index >= 15 is 0 Å². The molecule has 0 atom stereocenters. The molecular formula is C23H25F2N3O5S2.